The summed E-state index contributed by atoms with van der Waals surface area (Å²) in [6, 6.07) is 9.15. The Balaban J connectivity index is 0.000000370. The molecule has 0 fully saturated rings. The summed E-state index contributed by atoms with van der Waals surface area (Å²) in [5.74, 6) is 0. The Bertz CT molecular complexity index is 712. The van der Waals surface area contributed by atoms with Crippen LogP contribution in [0.3, 0.4) is 0 Å². The van der Waals surface area contributed by atoms with Crippen LogP contribution in [-0.4, -0.2) is 33.8 Å². The van der Waals surface area contributed by atoms with E-state index in [0.29, 0.717) is 5.15 Å². The fourth-order valence-corrected chi connectivity index (χ4v) is 1.67. The van der Waals surface area contributed by atoms with Crippen LogP contribution < -0.4 is 4.90 Å². The van der Waals surface area contributed by atoms with Crippen LogP contribution in [0.1, 0.15) is 0 Å². The monoisotopic (exact) mass is 377 g/mol. The van der Waals surface area contributed by atoms with Gasteiger partial charge in [0.25, 0.3) is 5.69 Å². The highest BCUT2D eigenvalue weighted by molar-refractivity contribution is 6.29. The molecule has 2 aromatic rings. The van der Waals surface area contributed by atoms with Gasteiger partial charge in [-0.3, -0.25) is 15.0 Å². The Morgan fingerprint density at radius 1 is 1.24 bits per heavy atom. The van der Waals surface area contributed by atoms with E-state index in [9.17, 15) is 28.1 Å². The first kappa shape index (κ1) is 20.2. The fraction of sp³-hybridized carbons (Fsp3) is 0.143. The number of alkyl halides is 3. The number of nitro benzene ring substituents is 1. The first-order valence-corrected chi connectivity index (χ1v) is 6.86. The lowest BCUT2D eigenvalue weighted by Gasteiger charge is -2.20. The smallest absolute Gasteiger partial charge is 0.412 e. The molecule has 1 amide bonds. The van der Waals surface area contributed by atoms with Crippen LogP contribution in [0.25, 0.3) is 0 Å². The number of hydrogen-bond donors (Lipinski definition) is 1. The van der Waals surface area contributed by atoms with E-state index in [2.05, 4.69) is 4.98 Å². The molecule has 0 aliphatic heterocycles. The summed E-state index contributed by atoms with van der Waals surface area (Å²) in [7, 11) is 0. The van der Waals surface area contributed by atoms with Gasteiger partial charge in [-0.15, -0.1) is 0 Å². The number of anilines is 1. The average molecular weight is 378 g/mol. The Morgan fingerprint density at radius 2 is 1.84 bits per heavy atom. The molecule has 0 saturated heterocycles. The number of benzene rings is 1. The maximum atomic E-state index is 12.1. The number of nitrogens with zero attached hydrogens (tertiary/aromatic N) is 3. The van der Waals surface area contributed by atoms with Gasteiger partial charge in [0.1, 0.15) is 11.7 Å². The third kappa shape index (κ3) is 7.48. The molecule has 1 aromatic heterocycles. The van der Waals surface area contributed by atoms with Crippen molar-refractivity contribution in [2.75, 3.05) is 11.4 Å². The number of pyridine rings is 1. The van der Waals surface area contributed by atoms with Crippen molar-refractivity contribution in [2.24, 2.45) is 0 Å². The van der Waals surface area contributed by atoms with Gasteiger partial charge in [-0.05, 0) is 24.3 Å². The molecular formula is C14H11ClF3N3O4. The molecule has 0 bridgehead atoms. The van der Waals surface area contributed by atoms with E-state index >= 15 is 0 Å². The Labute approximate surface area is 144 Å². The molecule has 7 nitrogen and oxygen atoms in total. The third-order valence-corrected chi connectivity index (χ3v) is 2.79. The molecule has 1 N–H and O–H groups in total. The molecule has 0 saturated carbocycles. The lowest BCUT2D eigenvalue weighted by molar-refractivity contribution is -0.384. The number of hydrogen-bond acceptors (Lipinski definition) is 4. The number of carbonyl (C=O) groups is 1. The van der Waals surface area contributed by atoms with E-state index in [1.54, 1.807) is 12.3 Å². The summed E-state index contributed by atoms with van der Waals surface area (Å²) in [4.78, 5) is 24.1. The summed E-state index contributed by atoms with van der Waals surface area (Å²) in [6.07, 6.45) is -4.83. The first-order valence-electron chi connectivity index (χ1n) is 6.48. The standard InChI is InChI=1S/C9H7F3N2O4.C5H4ClN/c10-9(11,12)5-13(8(15)16)6-1-3-7(4-2-6)14(17)18;6-5-3-1-2-4-7-5/h1-4H,5H2,(H,15,16);1-4H. The molecule has 2 rings (SSSR count). The second kappa shape index (κ2) is 8.83. The van der Waals surface area contributed by atoms with Crippen LogP contribution >= 0.6 is 11.6 Å². The minimum absolute atomic E-state index is 0.0593. The predicted octanol–water partition coefficient (Wildman–Crippen LogP) is 4.38. The van der Waals surface area contributed by atoms with Crippen molar-refractivity contribution in [1.82, 2.24) is 4.98 Å². The van der Waals surface area contributed by atoms with Crippen LogP contribution in [0, 0.1) is 10.1 Å². The van der Waals surface area contributed by atoms with Gasteiger partial charge >= 0.3 is 12.3 Å². The van der Waals surface area contributed by atoms with Crippen LogP contribution in [0.5, 0.6) is 0 Å². The van der Waals surface area contributed by atoms with E-state index in [-0.39, 0.29) is 16.3 Å². The number of nitro groups is 1. The van der Waals surface area contributed by atoms with E-state index in [4.69, 9.17) is 16.7 Å². The van der Waals surface area contributed by atoms with E-state index in [1.807, 2.05) is 12.1 Å². The van der Waals surface area contributed by atoms with Crippen molar-refractivity contribution in [2.45, 2.75) is 6.18 Å². The number of non-ortho nitro benzene ring substituents is 1. The summed E-state index contributed by atoms with van der Waals surface area (Å²) >= 11 is 5.43. The van der Waals surface area contributed by atoms with Gasteiger partial charge in [0.2, 0.25) is 0 Å². The summed E-state index contributed by atoms with van der Waals surface area (Å²) < 4.78 is 36.4. The number of carboxylic acid groups (broad SMARTS) is 1. The summed E-state index contributed by atoms with van der Waals surface area (Å²) in [5.41, 5.74) is -0.624. The SMILES string of the molecule is Clc1ccccn1.O=C(O)N(CC(F)(F)F)c1ccc([N+](=O)[O-])cc1. The molecule has 134 valence electrons. The highest BCUT2D eigenvalue weighted by atomic mass is 35.5. The minimum Gasteiger partial charge on any atom is -0.465 e. The first-order chi connectivity index (χ1) is 11.6. The van der Waals surface area contributed by atoms with E-state index in [0.717, 1.165) is 24.3 Å². The van der Waals surface area contributed by atoms with Gasteiger partial charge in [-0.25, -0.2) is 9.78 Å². The van der Waals surface area contributed by atoms with Crippen molar-refractivity contribution >= 4 is 29.1 Å². The average Bonchev–Trinajstić information content (AvgIpc) is 2.53. The highest BCUT2D eigenvalue weighted by Gasteiger charge is 2.34. The Kier molecular flexibility index (Phi) is 7.12. The lowest BCUT2D eigenvalue weighted by atomic mass is 10.2. The van der Waals surface area contributed by atoms with Crippen molar-refractivity contribution in [3.8, 4) is 0 Å². The molecule has 0 unspecified atom stereocenters. The zero-order valence-electron chi connectivity index (χ0n) is 12.4. The van der Waals surface area contributed by atoms with E-state index < -0.39 is 23.7 Å². The van der Waals surface area contributed by atoms with Gasteiger partial charge in [0.05, 0.1) is 4.92 Å². The zero-order valence-corrected chi connectivity index (χ0v) is 13.1. The molecule has 0 radical (unpaired) electrons. The van der Waals surface area contributed by atoms with Gasteiger partial charge in [0.15, 0.2) is 0 Å². The molecule has 25 heavy (non-hydrogen) atoms. The molecule has 11 heteroatoms. The molecular weight excluding hydrogens is 367 g/mol. The molecule has 1 heterocycles. The molecule has 0 spiro atoms. The van der Waals surface area contributed by atoms with Crippen LogP contribution in [0.2, 0.25) is 5.15 Å². The van der Waals surface area contributed by atoms with Crippen LogP contribution in [0.15, 0.2) is 48.7 Å². The predicted molar refractivity (Wildman–Crippen MR) is 83.8 cm³/mol. The number of aromatic nitrogens is 1. The number of amides is 1. The maximum Gasteiger partial charge on any atom is 0.412 e. The largest absolute Gasteiger partial charge is 0.465 e. The Hall–Kier alpha value is -2.88. The minimum atomic E-state index is -4.69. The van der Waals surface area contributed by atoms with Crippen molar-refractivity contribution < 1.29 is 28.0 Å². The molecule has 0 atom stereocenters. The normalized spacial score (nSPS) is 10.4. The molecule has 1 aromatic carbocycles. The van der Waals surface area contributed by atoms with Crippen molar-refractivity contribution in [1.29, 1.82) is 0 Å². The molecule has 0 aliphatic carbocycles. The van der Waals surface area contributed by atoms with E-state index in [1.165, 1.54) is 0 Å². The highest BCUT2D eigenvalue weighted by Crippen LogP contribution is 2.24. The quantitative estimate of drug-likeness (QED) is 0.486. The van der Waals surface area contributed by atoms with Crippen LogP contribution in [0.4, 0.5) is 29.3 Å². The maximum absolute atomic E-state index is 12.1. The van der Waals surface area contributed by atoms with Gasteiger partial charge in [-0.2, -0.15) is 13.2 Å². The van der Waals surface area contributed by atoms with Gasteiger partial charge in [-0.1, -0.05) is 17.7 Å². The zero-order chi connectivity index (χ0) is 19.0. The third-order valence-electron chi connectivity index (χ3n) is 2.57. The summed E-state index contributed by atoms with van der Waals surface area (Å²) in [5, 5.41) is 19.5. The lowest BCUT2D eigenvalue weighted by Crippen LogP contribution is -2.38. The second-order valence-electron chi connectivity index (χ2n) is 4.41. The molecule has 0 aliphatic rings. The van der Waals surface area contributed by atoms with Gasteiger partial charge < -0.3 is 5.11 Å². The van der Waals surface area contributed by atoms with Gasteiger partial charge in [0, 0.05) is 24.0 Å². The Morgan fingerprint density at radius 3 is 2.16 bits per heavy atom. The van der Waals surface area contributed by atoms with Crippen molar-refractivity contribution in [3.63, 3.8) is 0 Å². The fourth-order valence-electron chi connectivity index (χ4n) is 1.54. The van der Waals surface area contributed by atoms with Crippen LogP contribution in [-0.2, 0) is 0 Å². The topological polar surface area (TPSA) is 96.6 Å². The number of halogens is 4. The van der Waals surface area contributed by atoms with Crippen molar-refractivity contribution in [3.05, 3.63) is 63.9 Å². The number of rotatable bonds is 3. The summed E-state index contributed by atoms with van der Waals surface area (Å²) in [6.45, 7) is -1.68. The second-order valence-corrected chi connectivity index (χ2v) is 4.80.